The molecular weight excluding hydrogens is 260 g/mol. The molecule has 0 unspecified atom stereocenters. The maximum Gasteiger partial charge on any atom is 0.340 e. The lowest BCUT2D eigenvalue weighted by Gasteiger charge is -2.12. The fraction of sp³-hybridized carbons (Fsp3) is 0.286. The Morgan fingerprint density at radius 1 is 1.37 bits per heavy atom. The summed E-state index contributed by atoms with van der Waals surface area (Å²) in [5, 5.41) is 13.2. The lowest BCUT2D eigenvalue weighted by Crippen LogP contribution is -2.20. The number of aromatic carboxylic acids is 1. The lowest BCUT2D eigenvalue weighted by molar-refractivity contribution is 0.0697. The van der Waals surface area contributed by atoms with E-state index in [4.69, 9.17) is 0 Å². The second kappa shape index (κ2) is 4.66. The molecular formula is C14H14N2O2S. The first kappa shape index (κ1) is 12.2. The summed E-state index contributed by atoms with van der Waals surface area (Å²) in [6.07, 6.45) is 1.87. The molecule has 0 aliphatic heterocycles. The first-order valence-electron chi connectivity index (χ1n) is 6.18. The number of anilines is 1. The number of carbonyl (C=O) groups is 1. The highest BCUT2D eigenvalue weighted by Crippen LogP contribution is 2.29. The number of aryl methyl sites for hydroxylation is 1. The van der Waals surface area contributed by atoms with Crippen LogP contribution in [0.1, 0.15) is 27.2 Å². The molecule has 1 aromatic heterocycles. The van der Waals surface area contributed by atoms with Crippen LogP contribution in [0, 0.1) is 6.92 Å². The lowest BCUT2D eigenvalue weighted by atomic mass is 10.1. The van der Waals surface area contributed by atoms with Crippen molar-refractivity contribution >= 4 is 22.5 Å². The van der Waals surface area contributed by atoms with Gasteiger partial charge >= 0.3 is 5.97 Å². The van der Waals surface area contributed by atoms with E-state index >= 15 is 0 Å². The quantitative estimate of drug-likeness (QED) is 0.903. The number of fused-ring (bicyclic) bond motifs is 1. The zero-order valence-corrected chi connectivity index (χ0v) is 11.3. The highest BCUT2D eigenvalue weighted by molar-refractivity contribution is 7.10. The van der Waals surface area contributed by atoms with E-state index in [1.807, 2.05) is 12.1 Å². The van der Waals surface area contributed by atoms with Crippen molar-refractivity contribution in [1.82, 2.24) is 4.37 Å². The molecule has 0 spiro atoms. The van der Waals surface area contributed by atoms with Gasteiger partial charge < -0.3 is 10.4 Å². The third kappa shape index (κ3) is 2.21. The van der Waals surface area contributed by atoms with Crippen molar-refractivity contribution in [3.8, 4) is 0 Å². The Morgan fingerprint density at radius 2 is 2.00 bits per heavy atom. The van der Waals surface area contributed by atoms with E-state index in [9.17, 15) is 9.90 Å². The molecule has 0 radical (unpaired) electrons. The van der Waals surface area contributed by atoms with Crippen molar-refractivity contribution in [2.45, 2.75) is 25.8 Å². The third-order valence-corrected chi connectivity index (χ3v) is 4.33. The molecule has 0 fully saturated rings. The summed E-state index contributed by atoms with van der Waals surface area (Å²) in [7, 11) is 0. The molecule has 1 aromatic carbocycles. The maximum absolute atomic E-state index is 11.2. The van der Waals surface area contributed by atoms with Crippen LogP contribution in [0.25, 0.3) is 0 Å². The SMILES string of the molecule is Cc1nsc(NC2Cc3ccccc3C2)c1C(=O)O. The summed E-state index contributed by atoms with van der Waals surface area (Å²) in [5.41, 5.74) is 3.58. The Kier molecular flexibility index (Phi) is 2.98. The first-order chi connectivity index (χ1) is 9.15. The maximum atomic E-state index is 11.2. The van der Waals surface area contributed by atoms with E-state index in [0.717, 1.165) is 12.8 Å². The van der Waals surface area contributed by atoms with Crippen molar-refractivity contribution < 1.29 is 9.90 Å². The molecule has 19 heavy (non-hydrogen) atoms. The number of nitrogens with one attached hydrogen (secondary N) is 1. The molecule has 5 heteroatoms. The molecule has 0 bridgehead atoms. The van der Waals surface area contributed by atoms with Gasteiger partial charge in [-0.3, -0.25) is 0 Å². The second-order valence-corrected chi connectivity index (χ2v) is 5.57. The van der Waals surface area contributed by atoms with Crippen LogP contribution in [0.2, 0.25) is 0 Å². The van der Waals surface area contributed by atoms with Gasteiger partial charge in [0.1, 0.15) is 10.6 Å². The van der Waals surface area contributed by atoms with Crippen molar-refractivity contribution in [2.24, 2.45) is 0 Å². The second-order valence-electron chi connectivity index (χ2n) is 4.80. The fourth-order valence-corrected chi connectivity index (χ4v) is 3.43. The molecule has 1 aliphatic rings. The Labute approximate surface area is 115 Å². The highest BCUT2D eigenvalue weighted by atomic mass is 32.1. The number of carboxylic acids is 1. The predicted molar refractivity (Wildman–Crippen MR) is 75.1 cm³/mol. The summed E-state index contributed by atoms with van der Waals surface area (Å²) in [4.78, 5) is 11.2. The van der Waals surface area contributed by atoms with E-state index in [1.54, 1.807) is 6.92 Å². The van der Waals surface area contributed by atoms with Crippen LogP contribution in [0.15, 0.2) is 24.3 Å². The molecule has 2 N–H and O–H groups in total. The topological polar surface area (TPSA) is 62.2 Å². The summed E-state index contributed by atoms with van der Waals surface area (Å²) in [6, 6.07) is 8.61. The molecule has 2 aromatic rings. The molecule has 4 nitrogen and oxygen atoms in total. The highest BCUT2D eigenvalue weighted by Gasteiger charge is 2.24. The van der Waals surface area contributed by atoms with Crippen molar-refractivity contribution in [3.63, 3.8) is 0 Å². The number of hydrogen-bond donors (Lipinski definition) is 2. The van der Waals surface area contributed by atoms with Gasteiger partial charge in [0.15, 0.2) is 0 Å². The standard InChI is InChI=1S/C14H14N2O2S/c1-8-12(14(17)18)13(19-16-8)15-11-6-9-4-2-3-5-10(9)7-11/h2-5,11,15H,6-7H2,1H3,(H,17,18). The smallest absolute Gasteiger partial charge is 0.340 e. The Balaban J connectivity index is 1.80. The summed E-state index contributed by atoms with van der Waals surface area (Å²) in [5.74, 6) is -0.913. The van der Waals surface area contributed by atoms with E-state index in [0.29, 0.717) is 16.3 Å². The van der Waals surface area contributed by atoms with Crippen LogP contribution >= 0.6 is 11.5 Å². The molecule has 0 saturated carbocycles. The zero-order valence-electron chi connectivity index (χ0n) is 10.5. The van der Waals surface area contributed by atoms with Gasteiger partial charge in [0.2, 0.25) is 0 Å². The van der Waals surface area contributed by atoms with Crippen LogP contribution in [-0.4, -0.2) is 21.5 Å². The number of hydrogen-bond acceptors (Lipinski definition) is 4. The molecule has 1 heterocycles. The Bertz CT molecular complexity index is 611. The van der Waals surface area contributed by atoms with Crippen LogP contribution in [0.4, 0.5) is 5.00 Å². The average molecular weight is 274 g/mol. The van der Waals surface area contributed by atoms with Crippen molar-refractivity contribution in [1.29, 1.82) is 0 Å². The van der Waals surface area contributed by atoms with Crippen LogP contribution < -0.4 is 5.32 Å². The van der Waals surface area contributed by atoms with Gasteiger partial charge in [-0.25, -0.2) is 4.79 Å². The van der Waals surface area contributed by atoms with Crippen molar-refractivity contribution in [3.05, 3.63) is 46.6 Å². The van der Waals surface area contributed by atoms with Crippen molar-refractivity contribution in [2.75, 3.05) is 5.32 Å². The van der Waals surface area contributed by atoms with Gasteiger partial charge in [0.05, 0.1) is 5.69 Å². The minimum atomic E-state index is -0.913. The molecule has 3 rings (SSSR count). The van der Waals surface area contributed by atoms with Gasteiger partial charge in [0.25, 0.3) is 0 Å². The average Bonchev–Trinajstić information content (AvgIpc) is 2.92. The van der Waals surface area contributed by atoms with Gasteiger partial charge in [-0.1, -0.05) is 24.3 Å². The minimum absolute atomic E-state index is 0.260. The van der Waals surface area contributed by atoms with E-state index in [-0.39, 0.29) is 6.04 Å². The summed E-state index contributed by atoms with van der Waals surface area (Å²) >= 11 is 1.23. The molecule has 0 atom stereocenters. The number of rotatable bonds is 3. The van der Waals surface area contributed by atoms with Gasteiger partial charge in [0, 0.05) is 6.04 Å². The Morgan fingerprint density at radius 3 is 2.58 bits per heavy atom. The first-order valence-corrected chi connectivity index (χ1v) is 6.95. The molecule has 0 saturated heterocycles. The normalized spacial score (nSPS) is 14.4. The number of carboxylic acid groups (broad SMARTS) is 1. The predicted octanol–water partition coefficient (Wildman–Crippen LogP) is 2.73. The van der Waals surface area contributed by atoms with E-state index in [2.05, 4.69) is 21.8 Å². The number of aromatic nitrogens is 1. The van der Waals surface area contributed by atoms with Gasteiger partial charge in [-0.2, -0.15) is 4.37 Å². The fourth-order valence-electron chi connectivity index (χ4n) is 2.57. The monoisotopic (exact) mass is 274 g/mol. The minimum Gasteiger partial charge on any atom is -0.478 e. The van der Waals surface area contributed by atoms with E-state index in [1.165, 1.54) is 22.7 Å². The largest absolute Gasteiger partial charge is 0.478 e. The van der Waals surface area contributed by atoms with Crippen LogP contribution in [0.3, 0.4) is 0 Å². The van der Waals surface area contributed by atoms with E-state index < -0.39 is 5.97 Å². The Hall–Kier alpha value is -1.88. The summed E-state index contributed by atoms with van der Waals surface area (Å²) < 4.78 is 4.13. The number of benzene rings is 1. The third-order valence-electron chi connectivity index (χ3n) is 3.46. The number of nitrogens with zero attached hydrogens (tertiary/aromatic N) is 1. The van der Waals surface area contributed by atoms with Crippen LogP contribution in [-0.2, 0) is 12.8 Å². The van der Waals surface area contributed by atoms with Gasteiger partial charge in [-0.05, 0) is 42.4 Å². The molecule has 0 amide bonds. The summed E-state index contributed by atoms with van der Waals surface area (Å²) in [6.45, 7) is 1.73. The zero-order chi connectivity index (χ0) is 13.4. The van der Waals surface area contributed by atoms with Gasteiger partial charge in [-0.15, -0.1) is 0 Å². The van der Waals surface area contributed by atoms with Crippen LogP contribution in [0.5, 0.6) is 0 Å². The molecule has 1 aliphatic carbocycles. The molecule has 98 valence electrons.